The molecule has 146 valence electrons. The molecule has 1 aromatic heterocycles. The van der Waals surface area contributed by atoms with Gasteiger partial charge in [0.25, 0.3) is 5.91 Å². The highest BCUT2D eigenvalue weighted by Crippen LogP contribution is 2.33. The third kappa shape index (κ3) is 4.14. The summed E-state index contributed by atoms with van der Waals surface area (Å²) in [6.45, 7) is 0.0279. The van der Waals surface area contributed by atoms with Gasteiger partial charge in [-0.1, -0.05) is 28.9 Å². The van der Waals surface area contributed by atoms with Crippen LogP contribution in [-0.4, -0.2) is 32.8 Å². The Bertz CT molecular complexity index is 1000. The van der Waals surface area contributed by atoms with Gasteiger partial charge in [0, 0.05) is 18.6 Å². The summed E-state index contributed by atoms with van der Waals surface area (Å²) in [6.07, 6.45) is -4.90. The lowest BCUT2D eigenvalue weighted by atomic mass is 10.2. The summed E-state index contributed by atoms with van der Waals surface area (Å²) in [4.78, 5) is 13.7. The quantitative estimate of drug-likeness (QED) is 0.599. The van der Waals surface area contributed by atoms with Crippen molar-refractivity contribution in [3.63, 3.8) is 0 Å². The first-order valence-corrected chi connectivity index (χ1v) is 8.33. The Morgan fingerprint density at radius 3 is 2.46 bits per heavy atom. The number of alkyl halides is 3. The van der Waals surface area contributed by atoms with E-state index in [0.717, 1.165) is 29.2 Å². The summed E-state index contributed by atoms with van der Waals surface area (Å²) < 4.78 is 54.5. The van der Waals surface area contributed by atoms with Gasteiger partial charge >= 0.3 is 6.18 Å². The molecule has 0 atom stereocenters. The molecule has 0 spiro atoms. The van der Waals surface area contributed by atoms with Gasteiger partial charge in [-0.25, -0.2) is 9.07 Å². The number of benzene rings is 2. The fraction of sp³-hybridized carbons (Fsp3) is 0.167. The van der Waals surface area contributed by atoms with Gasteiger partial charge in [-0.15, -0.1) is 5.10 Å². The average Bonchev–Trinajstić information content (AvgIpc) is 3.07. The minimum Gasteiger partial charge on any atom is -0.336 e. The topological polar surface area (TPSA) is 51.0 Å². The summed E-state index contributed by atoms with van der Waals surface area (Å²) in [5.41, 5.74) is -1.61. The predicted octanol–water partition coefficient (Wildman–Crippen LogP) is 4.35. The van der Waals surface area contributed by atoms with Crippen molar-refractivity contribution < 1.29 is 22.4 Å². The highest BCUT2D eigenvalue weighted by molar-refractivity contribution is 6.30. The van der Waals surface area contributed by atoms with Gasteiger partial charge in [0.15, 0.2) is 11.4 Å². The summed E-state index contributed by atoms with van der Waals surface area (Å²) >= 11 is 5.89. The van der Waals surface area contributed by atoms with E-state index in [9.17, 15) is 22.4 Å². The number of aromatic nitrogens is 3. The van der Waals surface area contributed by atoms with Gasteiger partial charge in [-0.2, -0.15) is 13.2 Å². The normalized spacial score (nSPS) is 11.5. The predicted molar refractivity (Wildman–Crippen MR) is 93.6 cm³/mol. The number of halogens is 5. The summed E-state index contributed by atoms with van der Waals surface area (Å²) in [7, 11) is 1.35. The summed E-state index contributed by atoms with van der Waals surface area (Å²) in [6, 6.07) is 10.8. The molecule has 1 heterocycles. The molecule has 0 saturated heterocycles. The molecule has 2 aromatic carbocycles. The van der Waals surface area contributed by atoms with Crippen molar-refractivity contribution in [3.05, 3.63) is 76.3 Å². The van der Waals surface area contributed by atoms with Crippen LogP contribution >= 0.6 is 11.6 Å². The standard InChI is InChI=1S/C18H13ClF4N4O/c1-26(10-11-3-2-4-12(19)9-11)17(28)15-16(18(21,22)23)27(25-24-15)14-7-5-13(20)6-8-14/h2-9H,10H2,1H3. The number of hydrogen-bond acceptors (Lipinski definition) is 3. The maximum absolute atomic E-state index is 13.6. The summed E-state index contributed by atoms with van der Waals surface area (Å²) in [5.74, 6) is -1.57. The highest BCUT2D eigenvalue weighted by Gasteiger charge is 2.42. The third-order valence-corrected chi connectivity index (χ3v) is 4.10. The van der Waals surface area contributed by atoms with E-state index < -0.39 is 29.3 Å². The maximum atomic E-state index is 13.6. The molecule has 0 aliphatic carbocycles. The minimum atomic E-state index is -4.90. The largest absolute Gasteiger partial charge is 0.435 e. The highest BCUT2D eigenvalue weighted by atomic mass is 35.5. The Kier molecular flexibility index (Phi) is 5.37. The number of carbonyl (C=O) groups excluding carboxylic acids is 1. The van der Waals surface area contributed by atoms with Crippen LogP contribution in [0.5, 0.6) is 0 Å². The first-order valence-electron chi connectivity index (χ1n) is 7.95. The lowest BCUT2D eigenvalue weighted by molar-refractivity contribution is -0.143. The average molecular weight is 413 g/mol. The van der Waals surface area contributed by atoms with Crippen LogP contribution in [0, 0.1) is 5.82 Å². The molecular formula is C18H13ClF4N4O. The lowest BCUT2D eigenvalue weighted by Crippen LogP contribution is -2.29. The van der Waals surface area contributed by atoms with Gasteiger partial charge < -0.3 is 4.90 Å². The smallest absolute Gasteiger partial charge is 0.336 e. The zero-order chi connectivity index (χ0) is 20.5. The van der Waals surface area contributed by atoms with Crippen molar-refractivity contribution in [1.29, 1.82) is 0 Å². The molecule has 0 radical (unpaired) electrons. The number of amides is 1. The van der Waals surface area contributed by atoms with E-state index in [4.69, 9.17) is 11.6 Å². The van der Waals surface area contributed by atoms with Crippen molar-refractivity contribution in [2.24, 2.45) is 0 Å². The second-order valence-electron chi connectivity index (χ2n) is 5.96. The van der Waals surface area contributed by atoms with Crippen molar-refractivity contribution in [1.82, 2.24) is 19.9 Å². The van der Waals surface area contributed by atoms with Crippen LogP contribution < -0.4 is 0 Å². The Labute approximate surface area is 162 Å². The summed E-state index contributed by atoms with van der Waals surface area (Å²) in [5, 5.41) is 7.35. The second-order valence-corrected chi connectivity index (χ2v) is 6.40. The molecule has 28 heavy (non-hydrogen) atoms. The second kappa shape index (κ2) is 7.59. The van der Waals surface area contributed by atoms with Crippen LogP contribution in [0.3, 0.4) is 0 Å². The molecule has 0 saturated carbocycles. The molecular weight excluding hydrogens is 400 g/mol. The van der Waals surface area contributed by atoms with Gasteiger partial charge in [0.05, 0.1) is 5.69 Å². The molecule has 0 aliphatic rings. The van der Waals surface area contributed by atoms with Crippen molar-refractivity contribution >= 4 is 17.5 Å². The first kappa shape index (κ1) is 19.8. The monoisotopic (exact) mass is 412 g/mol. The van der Waals surface area contributed by atoms with Gasteiger partial charge in [0.1, 0.15) is 5.82 Å². The van der Waals surface area contributed by atoms with Crippen LogP contribution in [0.1, 0.15) is 21.7 Å². The van der Waals surface area contributed by atoms with Gasteiger partial charge in [-0.05, 0) is 42.0 Å². The van der Waals surface area contributed by atoms with E-state index in [1.54, 1.807) is 24.3 Å². The Balaban J connectivity index is 1.96. The number of nitrogens with zero attached hydrogens (tertiary/aromatic N) is 4. The Morgan fingerprint density at radius 1 is 1.18 bits per heavy atom. The molecule has 10 heteroatoms. The van der Waals surface area contributed by atoms with E-state index in [2.05, 4.69) is 10.3 Å². The molecule has 5 nitrogen and oxygen atoms in total. The van der Waals surface area contributed by atoms with Crippen LogP contribution in [-0.2, 0) is 12.7 Å². The zero-order valence-electron chi connectivity index (χ0n) is 14.4. The molecule has 3 rings (SSSR count). The lowest BCUT2D eigenvalue weighted by Gasteiger charge is -2.17. The van der Waals surface area contributed by atoms with Gasteiger partial charge in [0.2, 0.25) is 0 Å². The SMILES string of the molecule is CN(Cc1cccc(Cl)c1)C(=O)c1nnn(-c2ccc(F)cc2)c1C(F)(F)F. The fourth-order valence-electron chi connectivity index (χ4n) is 2.61. The zero-order valence-corrected chi connectivity index (χ0v) is 15.2. The van der Waals surface area contributed by atoms with Crippen LogP contribution in [0.25, 0.3) is 5.69 Å². The first-order chi connectivity index (χ1) is 13.2. The molecule has 0 unspecified atom stereocenters. The van der Waals surface area contributed by atoms with Crippen molar-refractivity contribution in [2.45, 2.75) is 12.7 Å². The maximum Gasteiger partial charge on any atom is 0.435 e. The molecule has 1 amide bonds. The molecule has 0 fully saturated rings. The number of rotatable bonds is 4. The minimum absolute atomic E-state index is 0.0279. The van der Waals surface area contributed by atoms with E-state index >= 15 is 0 Å². The van der Waals surface area contributed by atoms with Crippen molar-refractivity contribution in [3.8, 4) is 5.69 Å². The van der Waals surface area contributed by atoms with E-state index in [1.165, 1.54) is 7.05 Å². The number of carbonyl (C=O) groups is 1. The van der Waals surface area contributed by atoms with E-state index in [-0.39, 0.29) is 12.2 Å². The van der Waals surface area contributed by atoms with Gasteiger partial charge in [-0.3, -0.25) is 4.79 Å². The fourth-order valence-corrected chi connectivity index (χ4v) is 2.82. The molecule has 0 bridgehead atoms. The Hall–Kier alpha value is -2.94. The van der Waals surface area contributed by atoms with E-state index in [0.29, 0.717) is 15.3 Å². The van der Waals surface area contributed by atoms with Crippen LogP contribution in [0.4, 0.5) is 17.6 Å². The number of hydrogen-bond donors (Lipinski definition) is 0. The van der Waals surface area contributed by atoms with E-state index in [1.807, 2.05) is 0 Å². The molecule has 0 aliphatic heterocycles. The van der Waals surface area contributed by atoms with Crippen LogP contribution in [0.15, 0.2) is 48.5 Å². The molecule has 0 N–H and O–H groups in total. The Morgan fingerprint density at radius 2 is 1.86 bits per heavy atom. The molecule has 3 aromatic rings. The van der Waals surface area contributed by atoms with Crippen LogP contribution in [0.2, 0.25) is 5.02 Å². The van der Waals surface area contributed by atoms with Crippen molar-refractivity contribution in [2.75, 3.05) is 7.05 Å². The third-order valence-electron chi connectivity index (χ3n) is 3.87.